The molecule has 0 radical (unpaired) electrons. The number of nitrogen functional groups attached to an aromatic ring is 1. The van der Waals surface area contributed by atoms with E-state index < -0.39 is 15.6 Å². The zero-order valence-corrected chi connectivity index (χ0v) is 18.4. The molecule has 3 rings (SSSR count). The van der Waals surface area contributed by atoms with E-state index in [4.69, 9.17) is 5.84 Å². The van der Waals surface area contributed by atoms with Crippen LogP contribution in [0.5, 0.6) is 0 Å². The lowest BCUT2D eigenvalue weighted by molar-refractivity contribution is -0.113. The molecular weight excluding hydrogens is 428 g/mol. The molecule has 0 spiro atoms. The van der Waals surface area contributed by atoms with Gasteiger partial charge in [0.05, 0.1) is 10.6 Å². The molecular formula is C18H24N6O4S2. The van der Waals surface area contributed by atoms with Crippen LogP contribution in [0.4, 0.5) is 5.69 Å². The number of hydrogen-bond donors (Lipinski definition) is 2. The van der Waals surface area contributed by atoms with Gasteiger partial charge in [-0.2, -0.15) is 8.98 Å². The van der Waals surface area contributed by atoms with Gasteiger partial charge in [0.2, 0.25) is 21.1 Å². The van der Waals surface area contributed by atoms with E-state index in [2.05, 4.69) is 15.5 Å². The number of amides is 1. The van der Waals surface area contributed by atoms with Gasteiger partial charge in [-0.25, -0.2) is 8.42 Å². The Morgan fingerprint density at radius 2 is 1.90 bits per heavy atom. The molecule has 0 saturated carbocycles. The molecule has 10 nitrogen and oxygen atoms in total. The topological polar surface area (TPSA) is 140 Å². The number of carbonyl (C=O) groups excluding carboxylic acids is 1. The number of nitrogens with zero attached hydrogens (tertiary/aromatic N) is 4. The molecule has 2 heterocycles. The maximum Gasteiger partial charge on any atom is 0.294 e. The first kappa shape index (κ1) is 22.2. The average Bonchev–Trinajstić information content (AvgIpc) is 2.73. The van der Waals surface area contributed by atoms with E-state index >= 15 is 0 Å². The van der Waals surface area contributed by atoms with E-state index in [-0.39, 0.29) is 27.4 Å². The number of hydrogen-bond acceptors (Lipinski definition) is 8. The fraction of sp³-hybridized carbons (Fsp3) is 0.444. The van der Waals surface area contributed by atoms with E-state index in [1.807, 2.05) is 0 Å². The van der Waals surface area contributed by atoms with E-state index in [0.717, 1.165) is 35.7 Å². The third kappa shape index (κ3) is 4.82. The second kappa shape index (κ2) is 9.14. The molecule has 0 atom stereocenters. The Morgan fingerprint density at radius 3 is 2.60 bits per heavy atom. The number of carbonyl (C=O) groups is 1. The van der Waals surface area contributed by atoms with Crippen LogP contribution in [0.1, 0.15) is 30.5 Å². The van der Waals surface area contributed by atoms with E-state index in [1.54, 1.807) is 19.1 Å². The maximum absolute atomic E-state index is 13.0. The molecule has 0 aliphatic carbocycles. The Hall–Kier alpha value is -2.44. The highest BCUT2D eigenvalue weighted by Gasteiger charge is 2.27. The summed E-state index contributed by atoms with van der Waals surface area (Å²) in [4.78, 5) is 24.3. The maximum atomic E-state index is 13.0. The van der Waals surface area contributed by atoms with Gasteiger partial charge in [0.1, 0.15) is 5.69 Å². The van der Waals surface area contributed by atoms with Gasteiger partial charge in [0.15, 0.2) is 0 Å². The molecule has 1 saturated heterocycles. The summed E-state index contributed by atoms with van der Waals surface area (Å²) >= 11 is 0.959. The van der Waals surface area contributed by atoms with Gasteiger partial charge in [-0.3, -0.25) is 9.59 Å². The molecule has 3 N–H and O–H groups in total. The zero-order chi connectivity index (χ0) is 21.9. The zero-order valence-electron chi connectivity index (χ0n) is 16.8. The van der Waals surface area contributed by atoms with Crippen molar-refractivity contribution in [3.8, 4) is 0 Å². The monoisotopic (exact) mass is 452 g/mol. The molecule has 1 aromatic carbocycles. The van der Waals surface area contributed by atoms with Crippen molar-refractivity contribution in [2.75, 3.05) is 30.0 Å². The number of benzene rings is 1. The molecule has 1 aliphatic heterocycles. The van der Waals surface area contributed by atoms with Gasteiger partial charge in [0, 0.05) is 18.8 Å². The highest BCUT2D eigenvalue weighted by atomic mass is 32.2. The van der Waals surface area contributed by atoms with Crippen molar-refractivity contribution in [3.05, 3.63) is 39.8 Å². The Balaban J connectivity index is 1.71. The van der Waals surface area contributed by atoms with Gasteiger partial charge in [0.25, 0.3) is 5.56 Å². The van der Waals surface area contributed by atoms with Crippen LogP contribution in [0, 0.1) is 13.8 Å². The lowest BCUT2D eigenvalue weighted by atomic mass is 10.2. The van der Waals surface area contributed by atoms with Crippen molar-refractivity contribution in [1.82, 2.24) is 19.2 Å². The summed E-state index contributed by atoms with van der Waals surface area (Å²) in [5.74, 6) is 5.19. The standard InChI is InChI=1S/C18H24N6O4S2/c1-12-6-7-14(10-15(12)30(27,28)23-8-4-3-5-9-23)20-16(25)11-29-18-22-21-13(2)17(26)24(18)19/h6-7,10H,3-5,8-9,11,19H2,1-2H3,(H,20,25). The lowest BCUT2D eigenvalue weighted by Gasteiger charge is -2.26. The van der Waals surface area contributed by atoms with E-state index in [1.165, 1.54) is 17.3 Å². The molecule has 30 heavy (non-hydrogen) atoms. The molecule has 1 aromatic heterocycles. The Bertz CT molecular complexity index is 1110. The van der Waals surface area contributed by atoms with Crippen molar-refractivity contribution in [3.63, 3.8) is 0 Å². The number of rotatable bonds is 6. The van der Waals surface area contributed by atoms with Crippen LogP contribution < -0.4 is 16.7 Å². The minimum absolute atomic E-state index is 0.0730. The predicted octanol–water partition coefficient (Wildman–Crippen LogP) is 0.874. The molecule has 2 aromatic rings. The van der Waals surface area contributed by atoms with Crippen LogP contribution in [-0.4, -0.2) is 52.3 Å². The molecule has 0 unspecified atom stereocenters. The molecule has 1 fully saturated rings. The minimum atomic E-state index is -3.62. The van der Waals surface area contributed by atoms with Crippen LogP contribution in [0.15, 0.2) is 33.0 Å². The number of nitrogens with two attached hydrogens (primary N) is 1. The number of thioether (sulfide) groups is 1. The smallest absolute Gasteiger partial charge is 0.294 e. The normalized spacial score (nSPS) is 15.1. The largest absolute Gasteiger partial charge is 0.334 e. The first-order valence-corrected chi connectivity index (χ1v) is 11.9. The summed E-state index contributed by atoms with van der Waals surface area (Å²) in [6.45, 7) is 4.24. The summed E-state index contributed by atoms with van der Waals surface area (Å²) in [7, 11) is -3.62. The Morgan fingerprint density at radius 1 is 1.20 bits per heavy atom. The number of aryl methyl sites for hydroxylation is 2. The quantitative estimate of drug-likeness (QED) is 0.486. The van der Waals surface area contributed by atoms with Crippen molar-refractivity contribution < 1.29 is 13.2 Å². The van der Waals surface area contributed by atoms with Crippen LogP contribution >= 0.6 is 11.8 Å². The van der Waals surface area contributed by atoms with Gasteiger partial charge >= 0.3 is 0 Å². The van der Waals surface area contributed by atoms with Crippen LogP contribution in [-0.2, 0) is 14.8 Å². The van der Waals surface area contributed by atoms with Crippen molar-refractivity contribution >= 4 is 33.4 Å². The molecule has 1 aliphatic rings. The van der Waals surface area contributed by atoms with Crippen molar-refractivity contribution in [1.29, 1.82) is 0 Å². The Kier molecular flexibility index (Phi) is 6.78. The van der Waals surface area contributed by atoms with Gasteiger partial charge in [-0.1, -0.05) is 24.2 Å². The second-order valence-electron chi connectivity index (χ2n) is 7.03. The number of anilines is 1. The fourth-order valence-corrected chi connectivity index (χ4v) is 5.52. The van der Waals surface area contributed by atoms with Crippen molar-refractivity contribution in [2.45, 2.75) is 43.2 Å². The Labute approximate surface area is 178 Å². The summed E-state index contributed by atoms with van der Waals surface area (Å²) in [6, 6.07) is 4.80. The molecule has 1 amide bonds. The second-order valence-corrected chi connectivity index (χ2v) is 9.87. The van der Waals surface area contributed by atoms with Crippen LogP contribution in [0.3, 0.4) is 0 Å². The molecule has 12 heteroatoms. The summed E-state index contributed by atoms with van der Waals surface area (Å²) in [6.07, 6.45) is 2.72. The van der Waals surface area contributed by atoms with Gasteiger partial charge < -0.3 is 11.2 Å². The average molecular weight is 453 g/mol. The third-order valence-electron chi connectivity index (χ3n) is 4.76. The first-order valence-electron chi connectivity index (χ1n) is 9.45. The highest BCUT2D eigenvalue weighted by molar-refractivity contribution is 7.99. The number of piperidine rings is 1. The van der Waals surface area contributed by atoms with Gasteiger partial charge in [-0.15, -0.1) is 10.2 Å². The van der Waals surface area contributed by atoms with E-state index in [0.29, 0.717) is 24.3 Å². The number of sulfonamides is 1. The molecule has 162 valence electrons. The number of nitrogens with one attached hydrogen (secondary N) is 1. The van der Waals surface area contributed by atoms with E-state index in [9.17, 15) is 18.0 Å². The molecule has 0 bridgehead atoms. The third-order valence-corrected chi connectivity index (χ3v) is 7.74. The van der Waals surface area contributed by atoms with Gasteiger partial charge in [-0.05, 0) is 44.4 Å². The van der Waals surface area contributed by atoms with Crippen molar-refractivity contribution in [2.24, 2.45) is 0 Å². The predicted molar refractivity (Wildman–Crippen MR) is 114 cm³/mol. The fourth-order valence-electron chi connectivity index (χ4n) is 3.10. The highest BCUT2D eigenvalue weighted by Crippen LogP contribution is 2.26. The first-order chi connectivity index (χ1) is 14.2. The number of aromatic nitrogens is 3. The summed E-state index contributed by atoms with van der Waals surface area (Å²) in [5, 5.41) is 10.3. The van der Waals surface area contributed by atoms with Crippen LogP contribution in [0.25, 0.3) is 0 Å². The minimum Gasteiger partial charge on any atom is -0.334 e. The van der Waals surface area contributed by atoms with Crippen LogP contribution in [0.2, 0.25) is 0 Å². The lowest BCUT2D eigenvalue weighted by Crippen LogP contribution is -2.36. The summed E-state index contributed by atoms with van der Waals surface area (Å²) < 4.78 is 28.3. The summed E-state index contributed by atoms with van der Waals surface area (Å²) in [5.41, 5.74) is 0.671. The SMILES string of the molecule is Cc1ccc(NC(=O)CSc2nnc(C)c(=O)n2N)cc1S(=O)(=O)N1CCCCC1.